The molecule has 17 heavy (non-hydrogen) atoms. The quantitative estimate of drug-likeness (QED) is 0.572. The van der Waals surface area contributed by atoms with Gasteiger partial charge in [0.25, 0.3) is 0 Å². The number of nitrogens with one attached hydrogen (secondary N) is 2. The number of carboxylic acids is 1. The van der Waals surface area contributed by atoms with Gasteiger partial charge >= 0.3 is 5.97 Å². The molecule has 1 aromatic rings. The Kier molecular flexibility index (Phi) is 3.91. The molecule has 0 aliphatic carbocycles. The van der Waals surface area contributed by atoms with Crippen LogP contribution < -0.4 is 10.5 Å². The lowest BCUT2D eigenvalue weighted by molar-refractivity contribution is 0.0690. The number of aromatic nitrogens is 1. The zero-order valence-electron chi connectivity index (χ0n) is 9.57. The Morgan fingerprint density at radius 1 is 1.47 bits per heavy atom. The number of nitrogens with two attached hydrogens (primary N) is 1. The van der Waals surface area contributed by atoms with Crippen LogP contribution in [0.4, 0.5) is 0 Å². The maximum absolute atomic E-state index is 11.9. The monoisotopic (exact) mass is 261 g/mol. The number of hydrogen-bond acceptors (Lipinski definition) is 4. The predicted octanol–water partition coefficient (Wildman–Crippen LogP) is -0.433. The molecule has 0 bridgehead atoms. The molecule has 5 N–H and O–H groups in total. The van der Waals surface area contributed by atoms with E-state index in [1.807, 2.05) is 0 Å². The number of aryl methyl sites for hydroxylation is 1. The average molecular weight is 261 g/mol. The number of carboxylic acid groups (broad SMARTS) is 1. The molecule has 0 radical (unpaired) electrons. The van der Waals surface area contributed by atoms with Crippen LogP contribution in [0.1, 0.15) is 21.7 Å². The van der Waals surface area contributed by atoms with Crippen LogP contribution in [0.3, 0.4) is 0 Å². The summed E-state index contributed by atoms with van der Waals surface area (Å²) in [5.74, 6) is -1.19. The number of carbonyl (C=O) groups is 1. The molecule has 0 atom stereocenters. The van der Waals surface area contributed by atoms with E-state index in [4.69, 9.17) is 10.8 Å². The van der Waals surface area contributed by atoms with Crippen molar-refractivity contribution >= 4 is 16.0 Å². The summed E-state index contributed by atoms with van der Waals surface area (Å²) < 4.78 is 26.1. The molecule has 7 nitrogen and oxygen atoms in total. The Hall–Kier alpha value is -1.38. The molecule has 0 aromatic carbocycles. The Morgan fingerprint density at radius 2 is 2.06 bits per heavy atom. The normalized spacial score (nSPS) is 11.7. The second kappa shape index (κ2) is 4.86. The van der Waals surface area contributed by atoms with Crippen molar-refractivity contribution in [1.82, 2.24) is 9.71 Å². The molecule has 96 valence electrons. The summed E-state index contributed by atoms with van der Waals surface area (Å²) >= 11 is 0. The van der Waals surface area contributed by atoms with Gasteiger partial charge in [0.05, 0.1) is 0 Å². The smallest absolute Gasteiger partial charge is 0.352 e. The fourth-order valence-corrected chi connectivity index (χ4v) is 3.11. The highest BCUT2D eigenvalue weighted by atomic mass is 32.2. The first-order chi connectivity index (χ1) is 7.81. The molecule has 0 saturated carbocycles. The van der Waals surface area contributed by atoms with Gasteiger partial charge in [0, 0.05) is 24.3 Å². The summed E-state index contributed by atoms with van der Waals surface area (Å²) in [4.78, 5) is 13.4. The third-order valence-corrected chi connectivity index (χ3v) is 4.02. The van der Waals surface area contributed by atoms with E-state index in [9.17, 15) is 13.2 Å². The van der Waals surface area contributed by atoms with Gasteiger partial charge < -0.3 is 15.8 Å². The van der Waals surface area contributed by atoms with Gasteiger partial charge in [-0.2, -0.15) is 0 Å². The molecule has 0 saturated heterocycles. The SMILES string of the molecule is Cc1[nH]c(C(=O)O)c(C)c1S(=O)(=O)NCCN. The lowest BCUT2D eigenvalue weighted by Crippen LogP contribution is -2.29. The van der Waals surface area contributed by atoms with Crippen molar-refractivity contribution in [1.29, 1.82) is 0 Å². The summed E-state index contributed by atoms with van der Waals surface area (Å²) in [7, 11) is -3.72. The lowest BCUT2D eigenvalue weighted by Gasteiger charge is -2.06. The van der Waals surface area contributed by atoms with Gasteiger partial charge in [-0.25, -0.2) is 17.9 Å². The van der Waals surface area contributed by atoms with Crippen molar-refractivity contribution in [3.05, 3.63) is 17.0 Å². The number of sulfonamides is 1. The van der Waals surface area contributed by atoms with Crippen LogP contribution in [-0.2, 0) is 10.0 Å². The molecule has 8 heteroatoms. The second-order valence-corrected chi connectivity index (χ2v) is 5.27. The van der Waals surface area contributed by atoms with Crippen LogP contribution in [0.25, 0.3) is 0 Å². The fourth-order valence-electron chi connectivity index (χ4n) is 1.62. The molecule has 1 heterocycles. The molecular formula is C9H15N3O4S. The summed E-state index contributed by atoms with van der Waals surface area (Å²) in [5.41, 5.74) is 5.59. The minimum Gasteiger partial charge on any atom is -0.477 e. The molecule has 0 amide bonds. The highest BCUT2D eigenvalue weighted by Crippen LogP contribution is 2.22. The van der Waals surface area contributed by atoms with E-state index in [1.165, 1.54) is 13.8 Å². The molecule has 0 fully saturated rings. The maximum atomic E-state index is 11.9. The first kappa shape index (κ1) is 13.7. The molecule has 1 aromatic heterocycles. The van der Waals surface area contributed by atoms with E-state index in [1.54, 1.807) is 0 Å². The average Bonchev–Trinajstić information content (AvgIpc) is 2.52. The van der Waals surface area contributed by atoms with Crippen LogP contribution in [-0.4, -0.2) is 37.6 Å². The summed E-state index contributed by atoms with van der Waals surface area (Å²) in [5, 5.41) is 8.88. The number of H-pyrrole nitrogens is 1. The fraction of sp³-hybridized carbons (Fsp3) is 0.444. The standard InChI is InChI=1S/C9H15N3O4S/c1-5-7(9(13)14)12-6(2)8(5)17(15,16)11-4-3-10/h11-12H,3-4,10H2,1-2H3,(H,13,14). The predicted molar refractivity (Wildman–Crippen MR) is 61.5 cm³/mol. The van der Waals surface area contributed by atoms with Gasteiger partial charge in [-0.15, -0.1) is 0 Å². The van der Waals surface area contributed by atoms with Crippen molar-refractivity contribution in [3.63, 3.8) is 0 Å². The van der Waals surface area contributed by atoms with Crippen molar-refractivity contribution in [2.24, 2.45) is 5.73 Å². The maximum Gasteiger partial charge on any atom is 0.352 e. The largest absolute Gasteiger partial charge is 0.477 e. The molecule has 0 spiro atoms. The van der Waals surface area contributed by atoms with E-state index in [0.717, 1.165) is 0 Å². The molecule has 0 unspecified atom stereocenters. The van der Waals surface area contributed by atoms with E-state index in [0.29, 0.717) is 5.69 Å². The molecular weight excluding hydrogens is 246 g/mol. The number of aromatic amines is 1. The zero-order valence-corrected chi connectivity index (χ0v) is 10.4. The topological polar surface area (TPSA) is 125 Å². The van der Waals surface area contributed by atoms with Crippen molar-refractivity contribution < 1.29 is 18.3 Å². The van der Waals surface area contributed by atoms with Gasteiger partial charge in [-0.05, 0) is 13.8 Å². The number of hydrogen-bond donors (Lipinski definition) is 4. The Morgan fingerprint density at radius 3 is 2.47 bits per heavy atom. The lowest BCUT2D eigenvalue weighted by atomic mass is 10.2. The first-order valence-electron chi connectivity index (χ1n) is 4.93. The van der Waals surface area contributed by atoms with Gasteiger partial charge in [0.2, 0.25) is 10.0 Å². The summed E-state index contributed by atoms with van der Waals surface area (Å²) in [6.07, 6.45) is 0. The Balaban J connectivity index is 3.28. The van der Waals surface area contributed by atoms with Gasteiger partial charge in [-0.1, -0.05) is 0 Å². The molecule has 0 aliphatic heterocycles. The van der Waals surface area contributed by atoms with Crippen LogP contribution in [0.2, 0.25) is 0 Å². The van der Waals surface area contributed by atoms with Crippen LogP contribution in [0, 0.1) is 13.8 Å². The number of aromatic carboxylic acids is 1. The number of rotatable bonds is 5. The van der Waals surface area contributed by atoms with Gasteiger partial charge in [0.1, 0.15) is 10.6 Å². The third-order valence-electron chi connectivity index (χ3n) is 2.29. The van der Waals surface area contributed by atoms with Crippen molar-refractivity contribution in [3.8, 4) is 0 Å². The van der Waals surface area contributed by atoms with Crippen molar-refractivity contribution in [2.75, 3.05) is 13.1 Å². The van der Waals surface area contributed by atoms with Crippen LogP contribution in [0.5, 0.6) is 0 Å². The molecule has 0 aliphatic rings. The minimum atomic E-state index is -3.72. The first-order valence-corrected chi connectivity index (χ1v) is 6.41. The zero-order chi connectivity index (χ0) is 13.2. The van der Waals surface area contributed by atoms with Crippen molar-refractivity contribution in [2.45, 2.75) is 18.7 Å². The highest BCUT2D eigenvalue weighted by Gasteiger charge is 2.25. The van der Waals surface area contributed by atoms with Gasteiger partial charge in [-0.3, -0.25) is 0 Å². The van der Waals surface area contributed by atoms with E-state index in [-0.39, 0.29) is 29.2 Å². The van der Waals surface area contributed by atoms with Crippen LogP contribution in [0.15, 0.2) is 4.90 Å². The Bertz CT molecular complexity index is 533. The summed E-state index contributed by atoms with van der Waals surface area (Å²) in [6, 6.07) is 0. The van der Waals surface area contributed by atoms with Crippen LogP contribution >= 0.6 is 0 Å². The van der Waals surface area contributed by atoms with Gasteiger partial charge in [0.15, 0.2) is 0 Å². The second-order valence-electron chi connectivity index (χ2n) is 3.57. The third kappa shape index (κ3) is 2.65. The van der Waals surface area contributed by atoms with E-state index < -0.39 is 16.0 Å². The van der Waals surface area contributed by atoms with E-state index >= 15 is 0 Å². The summed E-state index contributed by atoms with van der Waals surface area (Å²) in [6.45, 7) is 3.24. The Labute approximate surface area is 99.1 Å². The minimum absolute atomic E-state index is 0.0247. The van der Waals surface area contributed by atoms with E-state index in [2.05, 4.69) is 9.71 Å². The molecule has 1 rings (SSSR count). The highest BCUT2D eigenvalue weighted by molar-refractivity contribution is 7.89.